The fourth-order valence-electron chi connectivity index (χ4n) is 2.99. The highest BCUT2D eigenvalue weighted by atomic mass is 32.2. The van der Waals surface area contributed by atoms with E-state index in [0.717, 1.165) is 16.5 Å². The summed E-state index contributed by atoms with van der Waals surface area (Å²) >= 11 is 0. The van der Waals surface area contributed by atoms with E-state index in [1.165, 1.54) is 13.2 Å². The van der Waals surface area contributed by atoms with E-state index < -0.39 is 10.0 Å². The molecule has 0 bridgehead atoms. The minimum atomic E-state index is -3.66. The van der Waals surface area contributed by atoms with Crippen LogP contribution >= 0.6 is 0 Å². The van der Waals surface area contributed by atoms with Crippen LogP contribution < -0.4 is 15.0 Å². The van der Waals surface area contributed by atoms with E-state index in [1.807, 2.05) is 25.1 Å². The zero-order valence-corrected chi connectivity index (χ0v) is 16.3. The van der Waals surface area contributed by atoms with Crippen LogP contribution in [-0.2, 0) is 16.4 Å². The Hall–Kier alpha value is -2.64. The first-order chi connectivity index (χ1) is 12.8. The second-order valence-corrected chi connectivity index (χ2v) is 8.23. The number of fused-ring (bicyclic) bond motifs is 1. The van der Waals surface area contributed by atoms with Crippen LogP contribution in [0.4, 0.5) is 0 Å². The smallest absolute Gasteiger partial charge is 0.251 e. The molecule has 0 saturated carbocycles. The third-order valence-electron chi connectivity index (χ3n) is 4.44. The van der Waals surface area contributed by atoms with Gasteiger partial charge >= 0.3 is 0 Å². The van der Waals surface area contributed by atoms with E-state index in [-0.39, 0.29) is 17.0 Å². The monoisotopic (exact) mass is 386 g/mol. The highest BCUT2D eigenvalue weighted by molar-refractivity contribution is 7.89. The van der Waals surface area contributed by atoms with Gasteiger partial charge in [0.2, 0.25) is 10.0 Å². The zero-order chi connectivity index (χ0) is 19.6. The molecule has 2 aromatic carbocycles. The van der Waals surface area contributed by atoms with Crippen molar-refractivity contribution in [2.45, 2.75) is 25.2 Å². The Morgan fingerprint density at radius 2 is 1.85 bits per heavy atom. The Morgan fingerprint density at radius 1 is 1.07 bits per heavy atom. The number of nitrogens with one attached hydrogen (secondary N) is 2. The van der Waals surface area contributed by atoms with Crippen molar-refractivity contribution < 1.29 is 13.2 Å². The summed E-state index contributed by atoms with van der Waals surface area (Å²) in [6, 6.07) is 12.4. The number of benzene rings is 2. The lowest BCUT2D eigenvalue weighted by molar-refractivity contribution is 0.414. The Balaban J connectivity index is 1.76. The number of aryl methyl sites for hydroxylation is 2. The fraction of sp³-hybridized carbons (Fsp3) is 0.250. The molecule has 3 rings (SSSR count). The maximum absolute atomic E-state index is 12.5. The van der Waals surface area contributed by atoms with Crippen LogP contribution in [0, 0.1) is 13.8 Å². The van der Waals surface area contributed by atoms with Crippen molar-refractivity contribution in [3.05, 3.63) is 69.5 Å². The van der Waals surface area contributed by atoms with Crippen LogP contribution in [0.1, 0.15) is 16.7 Å². The highest BCUT2D eigenvalue weighted by Crippen LogP contribution is 2.20. The van der Waals surface area contributed by atoms with Gasteiger partial charge < -0.3 is 9.72 Å². The van der Waals surface area contributed by atoms with Gasteiger partial charge in [-0.1, -0.05) is 12.1 Å². The molecule has 3 aromatic rings. The van der Waals surface area contributed by atoms with Gasteiger partial charge in [-0.3, -0.25) is 4.79 Å². The summed E-state index contributed by atoms with van der Waals surface area (Å²) in [5.74, 6) is 0.601. The number of ether oxygens (including phenoxy) is 1. The molecule has 0 atom stereocenters. The van der Waals surface area contributed by atoms with Crippen molar-refractivity contribution in [2.75, 3.05) is 13.7 Å². The van der Waals surface area contributed by atoms with E-state index in [0.29, 0.717) is 23.3 Å². The van der Waals surface area contributed by atoms with Crippen LogP contribution in [0.15, 0.2) is 52.2 Å². The van der Waals surface area contributed by atoms with E-state index >= 15 is 0 Å². The van der Waals surface area contributed by atoms with Gasteiger partial charge in [-0.2, -0.15) is 0 Å². The summed E-state index contributed by atoms with van der Waals surface area (Å²) in [5.41, 5.74) is 2.78. The molecule has 142 valence electrons. The largest absolute Gasteiger partial charge is 0.497 e. The van der Waals surface area contributed by atoms with Gasteiger partial charge in [0.1, 0.15) is 5.75 Å². The van der Waals surface area contributed by atoms with Crippen molar-refractivity contribution in [3.8, 4) is 5.75 Å². The molecule has 0 fully saturated rings. The molecule has 0 saturated heterocycles. The van der Waals surface area contributed by atoms with E-state index in [2.05, 4.69) is 9.71 Å². The molecular weight excluding hydrogens is 364 g/mol. The first-order valence-electron chi connectivity index (χ1n) is 8.57. The normalized spacial score (nSPS) is 11.7. The van der Waals surface area contributed by atoms with Crippen LogP contribution in [0.2, 0.25) is 0 Å². The summed E-state index contributed by atoms with van der Waals surface area (Å²) in [7, 11) is -2.13. The third kappa shape index (κ3) is 4.20. The van der Waals surface area contributed by atoms with Gasteiger partial charge in [-0.15, -0.1) is 0 Å². The molecule has 0 amide bonds. The first-order valence-corrected chi connectivity index (χ1v) is 10.1. The number of rotatable bonds is 6. The number of methoxy groups -OCH3 is 1. The molecule has 0 spiro atoms. The molecule has 7 heteroatoms. The molecule has 0 aliphatic rings. The summed E-state index contributed by atoms with van der Waals surface area (Å²) in [4.78, 5) is 15.3. The predicted molar refractivity (Wildman–Crippen MR) is 106 cm³/mol. The summed E-state index contributed by atoms with van der Waals surface area (Å²) in [6.07, 6.45) is 0.299. The lowest BCUT2D eigenvalue weighted by atomic mass is 10.1. The maximum atomic E-state index is 12.5. The average molecular weight is 386 g/mol. The van der Waals surface area contributed by atoms with E-state index in [9.17, 15) is 13.2 Å². The summed E-state index contributed by atoms with van der Waals surface area (Å²) in [5, 5.41) is 0.920. The number of sulfonamides is 1. The molecule has 1 aromatic heterocycles. The van der Waals surface area contributed by atoms with Gasteiger partial charge in [0.15, 0.2) is 0 Å². The van der Waals surface area contributed by atoms with Gasteiger partial charge in [0, 0.05) is 17.6 Å². The molecule has 27 heavy (non-hydrogen) atoms. The summed E-state index contributed by atoms with van der Waals surface area (Å²) in [6.45, 7) is 3.81. The molecule has 2 N–H and O–H groups in total. The van der Waals surface area contributed by atoms with Crippen molar-refractivity contribution in [1.82, 2.24) is 9.71 Å². The lowest BCUT2D eigenvalue weighted by Crippen LogP contribution is -2.28. The lowest BCUT2D eigenvalue weighted by Gasteiger charge is -2.11. The maximum Gasteiger partial charge on any atom is 0.251 e. The van der Waals surface area contributed by atoms with Crippen LogP contribution in [0.5, 0.6) is 5.75 Å². The topological polar surface area (TPSA) is 88.3 Å². The average Bonchev–Trinajstić information content (AvgIpc) is 2.61. The van der Waals surface area contributed by atoms with Crippen molar-refractivity contribution in [1.29, 1.82) is 0 Å². The molecule has 0 aliphatic heterocycles. The Kier molecular flexibility index (Phi) is 5.34. The van der Waals surface area contributed by atoms with Crippen molar-refractivity contribution in [2.24, 2.45) is 0 Å². The standard InChI is InChI=1S/C20H22N2O4S/c1-13-4-5-15-12-16(20(23)22-18(15)10-13)8-9-21-27(24,25)19-7-6-17(26-3)11-14(19)2/h4-7,10-12,21H,8-9H2,1-3H3,(H,22,23). The fourth-order valence-corrected chi connectivity index (χ4v) is 4.25. The molecule has 0 aliphatic carbocycles. The number of pyridine rings is 1. The number of hydrogen-bond acceptors (Lipinski definition) is 4. The van der Waals surface area contributed by atoms with Crippen LogP contribution in [0.25, 0.3) is 10.9 Å². The van der Waals surface area contributed by atoms with E-state index in [1.54, 1.807) is 25.1 Å². The van der Waals surface area contributed by atoms with Crippen molar-refractivity contribution in [3.63, 3.8) is 0 Å². The zero-order valence-electron chi connectivity index (χ0n) is 15.5. The molecule has 6 nitrogen and oxygen atoms in total. The molecule has 0 unspecified atom stereocenters. The second kappa shape index (κ2) is 7.54. The highest BCUT2D eigenvalue weighted by Gasteiger charge is 2.17. The van der Waals surface area contributed by atoms with Gasteiger partial charge in [-0.25, -0.2) is 13.1 Å². The number of aromatic nitrogens is 1. The summed E-state index contributed by atoms with van der Waals surface area (Å²) < 4.78 is 32.7. The minimum absolute atomic E-state index is 0.133. The quantitative estimate of drug-likeness (QED) is 0.682. The molecular formula is C20H22N2O4S. The first kappa shape index (κ1) is 19.1. The number of H-pyrrole nitrogens is 1. The van der Waals surface area contributed by atoms with Gasteiger partial charge in [0.05, 0.1) is 12.0 Å². The number of aromatic amines is 1. The third-order valence-corrected chi connectivity index (χ3v) is 6.06. The number of hydrogen-bond donors (Lipinski definition) is 2. The van der Waals surface area contributed by atoms with Crippen LogP contribution in [0.3, 0.4) is 0 Å². The van der Waals surface area contributed by atoms with Crippen LogP contribution in [-0.4, -0.2) is 27.1 Å². The van der Waals surface area contributed by atoms with E-state index in [4.69, 9.17) is 4.74 Å². The Bertz CT molecular complexity index is 1150. The van der Waals surface area contributed by atoms with Crippen molar-refractivity contribution >= 4 is 20.9 Å². The van der Waals surface area contributed by atoms with Gasteiger partial charge in [0.25, 0.3) is 5.56 Å². The van der Waals surface area contributed by atoms with Gasteiger partial charge in [-0.05, 0) is 67.1 Å². The molecule has 1 heterocycles. The Morgan fingerprint density at radius 3 is 2.56 bits per heavy atom. The Labute approximate surface area is 158 Å². The SMILES string of the molecule is COc1ccc(S(=O)(=O)NCCc2cc3ccc(C)cc3[nH]c2=O)c(C)c1. The molecule has 0 radical (unpaired) electrons. The second-order valence-electron chi connectivity index (χ2n) is 6.49. The minimum Gasteiger partial charge on any atom is -0.497 e. The predicted octanol–water partition coefficient (Wildman–Crippen LogP) is 2.67.